The van der Waals surface area contributed by atoms with E-state index in [0.29, 0.717) is 30.1 Å². The second kappa shape index (κ2) is 8.70. The van der Waals surface area contributed by atoms with Gasteiger partial charge < -0.3 is 14.2 Å². The molecule has 2 aromatic carbocycles. The van der Waals surface area contributed by atoms with Crippen molar-refractivity contribution in [3.63, 3.8) is 0 Å². The Morgan fingerprint density at radius 2 is 2.18 bits per heavy atom. The number of methoxy groups -OCH3 is 1. The normalized spacial score (nSPS) is 18.0. The molecular weight excluding hydrogens is 420 g/mol. The quantitative estimate of drug-likeness (QED) is 0.558. The van der Waals surface area contributed by atoms with Gasteiger partial charge in [0.15, 0.2) is 0 Å². The lowest BCUT2D eigenvalue weighted by atomic mass is 9.94. The molecule has 3 aromatic rings. The fraction of sp³-hybridized carbons (Fsp3) is 0.320. The van der Waals surface area contributed by atoms with Crippen molar-refractivity contribution < 1.29 is 19.0 Å². The number of hydrogen-bond donors (Lipinski definition) is 0. The maximum atomic E-state index is 11.8. The van der Waals surface area contributed by atoms with Crippen LogP contribution in [0.25, 0.3) is 5.69 Å². The Bertz CT molecular complexity index is 1260. The van der Waals surface area contributed by atoms with E-state index in [4.69, 9.17) is 19.5 Å². The molecule has 0 spiro atoms. The topological polar surface area (TPSA) is 89.6 Å². The number of ether oxygens (including phenoxy) is 3. The summed E-state index contributed by atoms with van der Waals surface area (Å²) >= 11 is 0. The highest BCUT2D eigenvalue weighted by Crippen LogP contribution is 2.32. The zero-order valence-electron chi connectivity index (χ0n) is 18.6. The van der Waals surface area contributed by atoms with Crippen molar-refractivity contribution in [3.8, 4) is 17.5 Å². The smallest absolute Gasteiger partial charge is 0.338 e. The third-order valence-corrected chi connectivity index (χ3v) is 6.30. The van der Waals surface area contributed by atoms with Gasteiger partial charge in [0.05, 0.1) is 43.2 Å². The standard InChI is InChI=1S/C25H24N4O4/c1-16-19(4-5-20-21(16)15-33-25(20)30)24-14-28(7-8-32-24)12-18-11-27-29(13-18)22-6-3-17(10-26)9-23(22)31-2/h3-6,9,11,13,24H,7-8,12,14-15H2,1-2H3/t24-/m0/s1. The Hall–Kier alpha value is -3.67. The Labute approximate surface area is 191 Å². The molecule has 8 nitrogen and oxygen atoms in total. The Kier molecular flexibility index (Phi) is 5.58. The highest BCUT2D eigenvalue weighted by Gasteiger charge is 2.29. The van der Waals surface area contributed by atoms with Crippen molar-refractivity contribution in [2.75, 3.05) is 26.8 Å². The van der Waals surface area contributed by atoms with Gasteiger partial charge in [-0.15, -0.1) is 0 Å². The van der Waals surface area contributed by atoms with Crippen molar-refractivity contribution in [1.82, 2.24) is 14.7 Å². The molecule has 0 N–H and O–H groups in total. The van der Waals surface area contributed by atoms with Gasteiger partial charge in [0.2, 0.25) is 0 Å². The summed E-state index contributed by atoms with van der Waals surface area (Å²) < 4.78 is 18.5. The van der Waals surface area contributed by atoms with Crippen molar-refractivity contribution in [3.05, 3.63) is 76.1 Å². The molecule has 0 saturated carbocycles. The lowest BCUT2D eigenvalue weighted by Crippen LogP contribution is -2.38. The number of benzene rings is 2. The van der Waals surface area contributed by atoms with Crippen LogP contribution in [0.3, 0.4) is 0 Å². The number of nitriles is 1. The minimum atomic E-state index is -0.248. The largest absolute Gasteiger partial charge is 0.494 e. The third-order valence-electron chi connectivity index (χ3n) is 6.30. The molecule has 3 heterocycles. The van der Waals surface area contributed by atoms with E-state index in [9.17, 15) is 4.79 Å². The van der Waals surface area contributed by atoms with Crippen molar-refractivity contribution in [2.45, 2.75) is 26.2 Å². The van der Waals surface area contributed by atoms with Gasteiger partial charge in [0, 0.05) is 43.0 Å². The van der Waals surface area contributed by atoms with Crippen molar-refractivity contribution in [1.29, 1.82) is 5.26 Å². The summed E-state index contributed by atoms with van der Waals surface area (Å²) in [7, 11) is 1.58. The van der Waals surface area contributed by atoms with E-state index in [1.54, 1.807) is 23.9 Å². The van der Waals surface area contributed by atoms with E-state index in [0.717, 1.165) is 47.6 Å². The summed E-state index contributed by atoms with van der Waals surface area (Å²) in [5, 5.41) is 13.6. The number of nitrogens with zero attached hydrogens (tertiary/aromatic N) is 4. The second-order valence-electron chi connectivity index (χ2n) is 8.27. The highest BCUT2D eigenvalue weighted by molar-refractivity contribution is 5.93. The van der Waals surface area contributed by atoms with E-state index in [2.05, 4.69) is 16.1 Å². The predicted octanol–water partition coefficient (Wildman–Crippen LogP) is 3.30. The van der Waals surface area contributed by atoms with Crippen LogP contribution < -0.4 is 4.74 Å². The van der Waals surface area contributed by atoms with Crippen LogP contribution in [-0.4, -0.2) is 47.5 Å². The van der Waals surface area contributed by atoms with Gasteiger partial charge >= 0.3 is 5.97 Å². The van der Waals surface area contributed by atoms with Crippen LogP contribution in [0.2, 0.25) is 0 Å². The first kappa shape index (κ1) is 21.2. The number of aromatic nitrogens is 2. The fourth-order valence-corrected chi connectivity index (χ4v) is 4.52. The molecule has 8 heteroatoms. The lowest BCUT2D eigenvalue weighted by molar-refractivity contribution is -0.0332. The van der Waals surface area contributed by atoms with Gasteiger partial charge in [0.25, 0.3) is 0 Å². The zero-order chi connectivity index (χ0) is 22.9. The maximum Gasteiger partial charge on any atom is 0.338 e. The molecule has 1 saturated heterocycles. The van der Waals surface area contributed by atoms with Crippen molar-refractivity contribution in [2.24, 2.45) is 0 Å². The van der Waals surface area contributed by atoms with Crippen LogP contribution in [0.4, 0.5) is 0 Å². The first-order chi connectivity index (χ1) is 16.1. The van der Waals surface area contributed by atoms with Gasteiger partial charge in [-0.1, -0.05) is 6.07 Å². The summed E-state index contributed by atoms with van der Waals surface area (Å²) in [6.45, 7) is 5.32. The van der Waals surface area contributed by atoms with E-state index in [1.807, 2.05) is 37.5 Å². The summed E-state index contributed by atoms with van der Waals surface area (Å²) in [5.74, 6) is 0.353. The van der Waals surface area contributed by atoms with Crippen LogP contribution in [-0.2, 0) is 22.6 Å². The summed E-state index contributed by atoms with van der Waals surface area (Å²) in [4.78, 5) is 14.2. The first-order valence-electron chi connectivity index (χ1n) is 10.8. The fourth-order valence-electron chi connectivity index (χ4n) is 4.52. The SMILES string of the molecule is COc1cc(C#N)ccc1-n1cc(CN2CCO[C@H](c3ccc4c(c3C)COC4=O)C2)cn1. The molecule has 5 rings (SSSR count). The average Bonchev–Trinajstić information content (AvgIpc) is 3.46. The third kappa shape index (κ3) is 3.97. The van der Waals surface area contributed by atoms with Crippen LogP contribution in [0.15, 0.2) is 42.7 Å². The number of fused-ring (bicyclic) bond motifs is 1. The number of carbonyl (C=O) groups is 1. The van der Waals surface area contributed by atoms with Gasteiger partial charge in [-0.05, 0) is 36.2 Å². The molecule has 2 aliphatic heterocycles. The maximum absolute atomic E-state index is 11.8. The molecule has 2 aliphatic rings. The Morgan fingerprint density at radius 3 is 3.00 bits per heavy atom. The Balaban J connectivity index is 1.31. The number of carbonyl (C=O) groups excluding carboxylic acids is 1. The first-order valence-corrected chi connectivity index (χ1v) is 10.8. The molecule has 0 bridgehead atoms. The van der Waals surface area contributed by atoms with Crippen LogP contribution >= 0.6 is 0 Å². The minimum absolute atomic E-state index is 0.0617. The number of hydrogen-bond acceptors (Lipinski definition) is 7. The predicted molar refractivity (Wildman–Crippen MR) is 119 cm³/mol. The molecular formula is C25H24N4O4. The number of esters is 1. The molecule has 0 unspecified atom stereocenters. The lowest BCUT2D eigenvalue weighted by Gasteiger charge is -2.33. The molecule has 168 valence electrons. The van der Waals surface area contributed by atoms with Crippen LogP contribution in [0.5, 0.6) is 5.75 Å². The van der Waals surface area contributed by atoms with E-state index < -0.39 is 0 Å². The van der Waals surface area contributed by atoms with Gasteiger partial charge in [-0.2, -0.15) is 10.4 Å². The van der Waals surface area contributed by atoms with Gasteiger partial charge in [-0.3, -0.25) is 4.90 Å². The van der Waals surface area contributed by atoms with E-state index in [-0.39, 0.29) is 12.1 Å². The number of morpholine rings is 1. The summed E-state index contributed by atoms with van der Waals surface area (Å²) in [6, 6.07) is 11.3. The minimum Gasteiger partial charge on any atom is -0.494 e. The summed E-state index contributed by atoms with van der Waals surface area (Å²) in [5.41, 5.74) is 6.21. The monoisotopic (exact) mass is 444 g/mol. The van der Waals surface area contributed by atoms with E-state index >= 15 is 0 Å². The van der Waals surface area contributed by atoms with Crippen LogP contribution in [0.1, 0.15) is 44.3 Å². The second-order valence-corrected chi connectivity index (χ2v) is 8.27. The number of rotatable bonds is 5. The highest BCUT2D eigenvalue weighted by atomic mass is 16.5. The molecule has 0 amide bonds. The number of cyclic esters (lactones) is 1. The molecule has 1 atom stereocenters. The molecule has 1 aromatic heterocycles. The molecule has 1 fully saturated rings. The summed E-state index contributed by atoms with van der Waals surface area (Å²) in [6.07, 6.45) is 3.78. The zero-order valence-corrected chi connectivity index (χ0v) is 18.6. The van der Waals surface area contributed by atoms with Gasteiger partial charge in [0.1, 0.15) is 18.0 Å². The van der Waals surface area contributed by atoms with Crippen molar-refractivity contribution >= 4 is 5.97 Å². The molecule has 0 aliphatic carbocycles. The van der Waals surface area contributed by atoms with Crippen LogP contribution in [0, 0.1) is 18.3 Å². The van der Waals surface area contributed by atoms with Gasteiger partial charge in [-0.25, -0.2) is 9.48 Å². The average molecular weight is 444 g/mol. The Morgan fingerprint density at radius 1 is 1.30 bits per heavy atom. The van der Waals surface area contributed by atoms with E-state index in [1.165, 1.54) is 0 Å². The molecule has 33 heavy (non-hydrogen) atoms. The molecule has 0 radical (unpaired) electrons.